The van der Waals surface area contributed by atoms with Crippen LogP contribution >= 0.6 is 11.3 Å². The summed E-state index contributed by atoms with van der Waals surface area (Å²) in [5.74, 6) is 0. The number of thiazole rings is 1. The van der Waals surface area contributed by atoms with Gasteiger partial charge in [0.1, 0.15) is 11.4 Å². The second-order valence-electron chi connectivity index (χ2n) is 5.68. The number of fused-ring (bicyclic) bond motifs is 2. The van der Waals surface area contributed by atoms with Crippen LogP contribution < -0.4 is 0 Å². The van der Waals surface area contributed by atoms with Gasteiger partial charge >= 0.3 is 6.09 Å². The van der Waals surface area contributed by atoms with Crippen LogP contribution in [-0.2, 0) is 19.0 Å². The summed E-state index contributed by atoms with van der Waals surface area (Å²) in [5, 5.41) is 0.926. The van der Waals surface area contributed by atoms with Crippen molar-refractivity contribution in [3.8, 4) is 0 Å². The van der Waals surface area contributed by atoms with Gasteiger partial charge in [-0.1, -0.05) is 6.08 Å². The highest BCUT2D eigenvalue weighted by molar-refractivity contribution is 7.89. The van der Waals surface area contributed by atoms with Crippen LogP contribution in [0.2, 0.25) is 0 Å². The molecule has 0 N–H and O–H groups in total. The van der Waals surface area contributed by atoms with Crippen molar-refractivity contribution in [3.05, 3.63) is 41.2 Å². The third kappa shape index (κ3) is 3.32. The molecule has 0 spiro atoms. The van der Waals surface area contributed by atoms with Crippen molar-refractivity contribution >= 4 is 38.5 Å². The summed E-state index contributed by atoms with van der Waals surface area (Å²) in [6, 6.07) is -0.287. The van der Waals surface area contributed by atoms with Crippen LogP contribution in [0.5, 0.6) is 0 Å². The number of rotatable bonds is 2. The number of amides is 1. The Morgan fingerprint density at radius 3 is 3.08 bits per heavy atom. The lowest BCUT2D eigenvalue weighted by Gasteiger charge is -2.26. The smallest absolute Gasteiger partial charge is 0.412 e. The normalized spacial score (nSPS) is 26.4. The molecular formula is C15H15N3O5S2. The SMILES string of the molecule is O=C1OCC=CS(=O)(=O)OC2CC[C@@H](C=Cc3cn4cncc4s3)N12. The third-order valence-corrected chi connectivity index (χ3v) is 6.02. The lowest BCUT2D eigenvalue weighted by Crippen LogP contribution is -2.42. The molecule has 0 radical (unpaired) electrons. The summed E-state index contributed by atoms with van der Waals surface area (Å²) >= 11 is 1.57. The van der Waals surface area contributed by atoms with Crippen molar-refractivity contribution in [2.75, 3.05) is 6.61 Å². The molecule has 0 aliphatic carbocycles. The molecule has 0 saturated carbocycles. The molecule has 10 heteroatoms. The molecule has 1 unspecified atom stereocenters. The van der Waals surface area contributed by atoms with Crippen LogP contribution in [0.4, 0.5) is 4.79 Å². The van der Waals surface area contributed by atoms with E-state index in [1.165, 1.54) is 11.0 Å². The quantitative estimate of drug-likeness (QED) is 0.741. The van der Waals surface area contributed by atoms with E-state index in [1.807, 2.05) is 22.7 Å². The van der Waals surface area contributed by atoms with Gasteiger partial charge in [0.25, 0.3) is 10.1 Å². The summed E-state index contributed by atoms with van der Waals surface area (Å²) < 4.78 is 35.9. The summed E-state index contributed by atoms with van der Waals surface area (Å²) in [6.45, 7) is -0.107. The van der Waals surface area contributed by atoms with Crippen molar-refractivity contribution in [1.29, 1.82) is 0 Å². The van der Waals surface area contributed by atoms with Crippen LogP contribution in [0, 0.1) is 0 Å². The number of hydrogen-bond acceptors (Lipinski definition) is 7. The standard InChI is InChI=1S/C15H15N3O5S2/c19-15-18-11(2-4-12-9-17-10-16-8-14(17)24-12)3-5-13(18)23-25(20,21)7-1-6-22-15/h1-2,4,7-11,13H,3,5-6H2/t11-,13?/m1/s1. The maximum Gasteiger partial charge on any atom is 0.412 e. The Kier molecular flexibility index (Phi) is 4.10. The van der Waals surface area contributed by atoms with Crippen LogP contribution in [0.25, 0.3) is 10.9 Å². The monoisotopic (exact) mass is 381 g/mol. The van der Waals surface area contributed by atoms with E-state index in [2.05, 4.69) is 4.98 Å². The largest absolute Gasteiger partial charge is 0.445 e. The fraction of sp³-hybridized carbons (Fsp3) is 0.333. The molecule has 8 nitrogen and oxygen atoms in total. The van der Waals surface area contributed by atoms with E-state index in [9.17, 15) is 13.2 Å². The van der Waals surface area contributed by atoms with E-state index >= 15 is 0 Å². The molecular weight excluding hydrogens is 366 g/mol. The van der Waals surface area contributed by atoms with Gasteiger partial charge in [-0.05, 0) is 25.0 Å². The molecule has 0 aromatic carbocycles. The van der Waals surface area contributed by atoms with E-state index in [-0.39, 0.29) is 12.6 Å². The molecule has 0 bridgehead atoms. The minimum absolute atomic E-state index is 0.107. The average molecular weight is 381 g/mol. The average Bonchev–Trinajstić information content (AvgIpc) is 3.22. The molecule has 1 amide bonds. The van der Waals surface area contributed by atoms with Crippen LogP contribution in [-0.4, -0.2) is 47.7 Å². The number of hydrogen-bond donors (Lipinski definition) is 0. The Hall–Kier alpha value is -2.17. The predicted octanol–water partition coefficient (Wildman–Crippen LogP) is 2.21. The number of cyclic esters (lactones) is 1. The first-order valence-corrected chi connectivity index (χ1v) is 9.95. The minimum atomic E-state index is -3.83. The highest BCUT2D eigenvalue weighted by atomic mass is 32.2. The van der Waals surface area contributed by atoms with Crippen molar-refractivity contribution < 1.29 is 22.1 Å². The van der Waals surface area contributed by atoms with Gasteiger partial charge in [-0.3, -0.25) is 9.30 Å². The van der Waals surface area contributed by atoms with Gasteiger partial charge in [-0.2, -0.15) is 8.42 Å². The number of imidazole rings is 1. The fourth-order valence-corrected chi connectivity index (χ4v) is 4.67. The number of carbonyl (C=O) groups is 1. The Morgan fingerprint density at radius 2 is 2.24 bits per heavy atom. The predicted molar refractivity (Wildman–Crippen MR) is 91.2 cm³/mol. The first kappa shape index (κ1) is 16.3. The first-order chi connectivity index (χ1) is 12.0. The summed E-state index contributed by atoms with van der Waals surface area (Å²) in [4.78, 5) is 19.7. The van der Waals surface area contributed by atoms with Crippen molar-refractivity contribution in [3.63, 3.8) is 0 Å². The zero-order valence-electron chi connectivity index (χ0n) is 13.0. The zero-order valence-corrected chi connectivity index (χ0v) is 14.6. The number of carbonyl (C=O) groups excluding carboxylic acids is 1. The summed E-state index contributed by atoms with van der Waals surface area (Å²) in [5.41, 5.74) is 0. The number of nitrogens with zero attached hydrogens (tertiary/aromatic N) is 3. The minimum Gasteiger partial charge on any atom is -0.445 e. The zero-order chi connectivity index (χ0) is 17.4. The van der Waals surface area contributed by atoms with Gasteiger partial charge in [0.15, 0.2) is 6.23 Å². The Morgan fingerprint density at radius 1 is 1.36 bits per heavy atom. The molecule has 132 valence electrons. The lowest BCUT2D eigenvalue weighted by molar-refractivity contribution is 0.0400. The van der Waals surface area contributed by atoms with Crippen molar-refractivity contribution in [2.45, 2.75) is 25.1 Å². The molecule has 4 rings (SSSR count). The number of ether oxygens (including phenoxy) is 1. The molecule has 2 aromatic rings. The maximum atomic E-state index is 12.3. The van der Waals surface area contributed by atoms with Crippen molar-refractivity contribution in [1.82, 2.24) is 14.3 Å². The Balaban J connectivity index is 1.57. The third-order valence-electron chi connectivity index (χ3n) is 4.00. The van der Waals surface area contributed by atoms with E-state index in [1.54, 1.807) is 23.9 Å². The Labute approximate surface area is 148 Å². The van der Waals surface area contributed by atoms with Crippen LogP contribution in [0.1, 0.15) is 17.7 Å². The molecule has 25 heavy (non-hydrogen) atoms. The van der Waals surface area contributed by atoms with E-state index < -0.39 is 22.4 Å². The topological polar surface area (TPSA) is 90.2 Å². The van der Waals surface area contributed by atoms with Gasteiger partial charge in [-0.15, -0.1) is 11.3 Å². The van der Waals surface area contributed by atoms with E-state index in [4.69, 9.17) is 8.92 Å². The lowest BCUT2D eigenvalue weighted by atomic mass is 10.2. The van der Waals surface area contributed by atoms with Crippen molar-refractivity contribution in [2.24, 2.45) is 0 Å². The van der Waals surface area contributed by atoms with Gasteiger partial charge < -0.3 is 4.74 Å². The molecule has 2 aromatic heterocycles. The first-order valence-electron chi connectivity index (χ1n) is 7.66. The Bertz CT molecular complexity index is 930. The highest BCUT2D eigenvalue weighted by Gasteiger charge is 2.40. The van der Waals surface area contributed by atoms with E-state index in [0.717, 1.165) is 15.1 Å². The maximum absolute atomic E-state index is 12.3. The second-order valence-corrected chi connectivity index (χ2v) is 8.22. The van der Waals surface area contributed by atoms with Crippen LogP contribution in [0.15, 0.2) is 36.3 Å². The summed E-state index contributed by atoms with van der Waals surface area (Å²) in [7, 11) is -3.83. The van der Waals surface area contributed by atoms with Gasteiger partial charge in [0, 0.05) is 11.1 Å². The highest BCUT2D eigenvalue weighted by Crippen LogP contribution is 2.30. The molecule has 1 saturated heterocycles. The molecule has 2 aliphatic rings. The van der Waals surface area contributed by atoms with Gasteiger partial charge in [0.05, 0.1) is 24.0 Å². The van der Waals surface area contributed by atoms with Gasteiger partial charge in [0.2, 0.25) is 0 Å². The van der Waals surface area contributed by atoms with Crippen LogP contribution in [0.3, 0.4) is 0 Å². The number of aromatic nitrogens is 2. The van der Waals surface area contributed by atoms with E-state index in [0.29, 0.717) is 12.8 Å². The summed E-state index contributed by atoms with van der Waals surface area (Å²) in [6.07, 6.45) is 10.1. The molecule has 2 atom stereocenters. The second kappa shape index (κ2) is 6.28. The molecule has 4 heterocycles. The molecule has 1 fully saturated rings. The van der Waals surface area contributed by atoms with Gasteiger partial charge in [-0.25, -0.2) is 14.0 Å². The fourth-order valence-electron chi connectivity index (χ4n) is 2.92. The molecule has 2 aliphatic heterocycles.